The van der Waals surface area contributed by atoms with Crippen molar-refractivity contribution in [2.75, 3.05) is 20.7 Å². The smallest absolute Gasteiger partial charge is 0.244 e. The Morgan fingerprint density at radius 3 is 3.09 bits per heavy atom. The third-order valence-corrected chi connectivity index (χ3v) is 4.32. The van der Waals surface area contributed by atoms with Gasteiger partial charge in [0.15, 0.2) is 0 Å². The standard InChI is InChI=1S/C17H21N3O3/c1-20-7-3-4-15(17(20)22)19-16(21)8-11-10-18-14-6-5-12(23-2)9-13(11)14/h5-6,9-10,15,18H,3-4,7-8H2,1-2H3,(H,19,21). The molecule has 2 amide bonds. The predicted molar refractivity (Wildman–Crippen MR) is 87.4 cm³/mol. The van der Waals surface area contributed by atoms with Gasteiger partial charge in [0.2, 0.25) is 11.8 Å². The number of aromatic nitrogens is 1. The highest BCUT2D eigenvalue weighted by atomic mass is 16.5. The first-order valence-electron chi connectivity index (χ1n) is 7.77. The molecule has 0 spiro atoms. The number of amides is 2. The van der Waals surface area contributed by atoms with Crippen LogP contribution in [0.1, 0.15) is 18.4 Å². The van der Waals surface area contributed by atoms with Gasteiger partial charge in [-0.05, 0) is 36.6 Å². The number of ether oxygens (including phenoxy) is 1. The molecule has 23 heavy (non-hydrogen) atoms. The second-order valence-electron chi connectivity index (χ2n) is 5.92. The molecule has 122 valence electrons. The number of aromatic amines is 1. The summed E-state index contributed by atoms with van der Waals surface area (Å²) in [6.45, 7) is 0.757. The molecule has 1 aromatic heterocycles. The van der Waals surface area contributed by atoms with Crippen molar-refractivity contribution >= 4 is 22.7 Å². The number of nitrogens with one attached hydrogen (secondary N) is 2. The van der Waals surface area contributed by atoms with E-state index in [2.05, 4.69) is 10.3 Å². The lowest BCUT2D eigenvalue weighted by molar-refractivity contribution is -0.137. The van der Waals surface area contributed by atoms with Crippen LogP contribution in [-0.2, 0) is 16.0 Å². The number of likely N-dealkylation sites (N-methyl/N-ethyl adjacent to an activating group) is 1. The van der Waals surface area contributed by atoms with Crippen molar-refractivity contribution in [3.05, 3.63) is 30.0 Å². The molecule has 0 bridgehead atoms. The zero-order valence-corrected chi connectivity index (χ0v) is 13.4. The van der Waals surface area contributed by atoms with Gasteiger partial charge in [-0.3, -0.25) is 9.59 Å². The number of hydrogen-bond acceptors (Lipinski definition) is 3. The molecular formula is C17H21N3O3. The minimum absolute atomic E-state index is 0.00908. The van der Waals surface area contributed by atoms with E-state index in [1.807, 2.05) is 24.4 Å². The highest BCUT2D eigenvalue weighted by Crippen LogP contribution is 2.24. The fraction of sp³-hybridized carbons (Fsp3) is 0.412. The van der Waals surface area contributed by atoms with E-state index in [4.69, 9.17) is 4.74 Å². The Kier molecular flexibility index (Phi) is 4.23. The summed E-state index contributed by atoms with van der Waals surface area (Å²) < 4.78 is 5.23. The maximum atomic E-state index is 12.3. The van der Waals surface area contributed by atoms with Gasteiger partial charge in [-0.15, -0.1) is 0 Å². The van der Waals surface area contributed by atoms with E-state index in [9.17, 15) is 9.59 Å². The quantitative estimate of drug-likeness (QED) is 0.897. The molecular weight excluding hydrogens is 294 g/mol. The molecule has 2 heterocycles. The number of nitrogens with zero attached hydrogens (tertiary/aromatic N) is 1. The molecule has 6 nitrogen and oxygen atoms in total. The van der Waals surface area contributed by atoms with Crippen molar-refractivity contribution < 1.29 is 14.3 Å². The van der Waals surface area contributed by atoms with Crippen molar-refractivity contribution in [1.82, 2.24) is 15.2 Å². The monoisotopic (exact) mass is 315 g/mol. The van der Waals surface area contributed by atoms with Gasteiger partial charge in [-0.1, -0.05) is 0 Å². The van der Waals surface area contributed by atoms with Gasteiger partial charge in [-0.2, -0.15) is 0 Å². The lowest BCUT2D eigenvalue weighted by Crippen LogP contribution is -2.51. The van der Waals surface area contributed by atoms with Gasteiger partial charge in [0.05, 0.1) is 13.5 Å². The number of carbonyl (C=O) groups excluding carboxylic acids is 2. The first-order valence-corrected chi connectivity index (χ1v) is 7.77. The van der Waals surface area contributed by atoms with Crippen LogP contribution in [0, 0.1) is 0 Å². The summed E-state index contributed by atoms with van der Waals surface area (Å²) in [4.78, 5) is 29.2. The second kappa shape index (κ2) is 6.32. The molecule has 0 saturated carbocycles. The SMILES string of the molecule is COc1ccc2[nH]cc(CC(=O)NC3CCCN(C)C3=O)c2c1. The molecule has 1 aliphatic rings. The highest BCUT2D eigenvalue weighted by Gasteiger charge is 2.27. The van der Waals surface area contributed by atoms with E-state index in [1.54, 1.807) is 19.1 Å². The van der Waals surface area contributed by atoms with E-state index in [0.717, 1.165) is 35.2 Å². The maximum absolute atomic E-state index is 12.3. The minimum Gasteiger partial charge on any atom is -0.497 e. The second-order valence-corrected chi connectivity index (χ2v) is 5.92. The highest BCUT2D eigenvalue weighted by molar-refractivity contribution is 5.92. The van der Waals surface area contributed by atoms with Crippen LogP contribution in [0.4, 0.5) is 0 Å². The molecule has 1 saturated heterocycles. The van der Waals surface area contributed by atoms with Gasteiger partial charge >= 0.3 is 0 Å². The Morgan fingerprint density at radius 1 is 1.48 bits per heavy atom. The molecule has 1 aliphatic heterocycles. The van der Waals surface area contributed by atoms with E-state index in [0.29, 0.717) is 6.42 Å². The number of benzene rings is 1. The summed E-state index contributed by atoms with van der Waals surface area (Å²) in [7, 11) is 3.39. The Labute approximate surface area is 134 Å². The Morgan fingerprint density at radius 2 is 2.30 bits per heavy atom. The molecule has 6 heteroatoms. The van der Waals surface area contributed by atoms with E-state index >= 15 is 0 Å². The van der Waals surface area contributed by atoms with Crippen molar-refractivity contribution in [3.8, 4) is 5.75 Å². The average Bonchev–Trinajstić information content (AvgIpc) is 2.94. The molecule has 1 fully saturated rings. The molecule has 0 aliphatic carbocycles. The molecule has 1 atom stereocenters. The van der Waals surface area contributed by atoms with Gasteiger partial charge in [0, 0.05) is 30.7 Å². The van der Waals surface area contributed by atoms with Crippen LogP contribution < -0.4 is 10.1 Å². The summed E-state index contributed by atoms with van der Waals surface area (Å²) >= 11 is 0. The number of rotatable bonds is 4. The Bertz CT molecular complexity index is 738. The Hall–Kier alpha value is -2.50. The summed E-state index contributed by atoms with van der Waals surface area (Å²) in [6.07, 6.45) is 3.69. The number of methoxy groups -OCH3 is 1. The van der Waals surface area contributed by atoms with Crippen molar-refractivity contribution in [2.24, 2.45) is 0 Å². The maximum Gasteiger partial charge on any atom is 0.244 e. The van der Waals surface area contributed by atoms with Crippen LogP contribution in [0.2, 0.25) is 0 Å². The average molecular weight is 315 g/mol. The van der Waals surface area contributed by atoms with Crippen LogP contribution in [0.15, 0.2) is 24.4 Å². The molecule has 1 unspecified atom stereocenters. The summed E-state index contributed by atoms with van der Waals surface area (Å²) in [5, 5.41) is 3.82. The molecule has 0 radical (unpaired) electrons. The number of fused-ring (bicyclic) bond motifs is 1. The number of carbonyl (C=O) groups is 2. The Balaban J connectivity index is 1.71. The van der Waals surface area contributed by atoms with E-state index in [-0.39, 0.29) is 18.2 Å². The topological polar surface area (TPSA) is 74.4 Å². The third-order valence-electron chi connectivity index (χ3n) is 4.32. The minimum atomic E-state index is -0.402. The van der Waals surface area contributed by atoms with Crippen LogP contribution in [0.3, 0.4) is 0 Å². The lowest BCUT2D eigenvalue weighted by Gasteiger charge is -2.29. The van der Waals surface area contributed by atoms with Gasteiger partial charge in [-0.25, -0.2) is 0 Å². The normalized spacial score (nSPS) is 18.3. The zero-order chi connectivity index (χ0) is 16.4. The molecule has 2 N–H and O–H groups in total. The summed E-state index contributed by atoms with van der Waals surface area (Å²) in [5.74, 6) is 0.607. The van der Waals surface area contributed by atoms with Crippen LogP contribution in [0.25, 0.3) is 10.9 Å². The number of hydrogen-bond donors (Lipinski definition) is 2. The zero-order valence-electron chi connectivity index (χ0n) is 13.4. The molecule has 2 aromatic rings. The van der Waals surface area contributed by atoms with Gasteiger partial charge in [0.1, 0.15) is 11.8 Å². The largest absolute Gasteiger partial charge is 0.497 e. The fourth-order valence-electron chi connectivity index (χ4n) is 3.02. The fourth-order valence-corrected chi connectivity index (χ4v) is 3.02. The lowest BCUT2D eigenvalue weighted by atomic mass is 10.0. The first-order chi connectivity index (χ1) is 11.1. The number of H-pyrrole nitrogens is 1. The van der Waals surface area contributed by atoms with E-state index < -0.39 is 6.04 Å². The predicted octanol–water partition coefficient (Wildman–Crippen LogP) is 1.46. The summed E-state index contributed by atoms with van der Waals surface area (Å²) in [5.41, 5.74) is 1.86. The van der Waals surface area contributed by atoms with Gasteiger partial charge in [0.25, 0.3) is 0 Å². The van der Waals surface area contributed by atoms with Crippen LogP contribution in [0.5, 0.6) is 5.75 Å². The third kappa shape index (κ3) is 3.16. The molecule has 1 aromatic carbocycles. The first kappa shape index (κ1) is 15.4. The van der Waals surface area contributed by atoms with Crippen molar-refractivity contribution in [3.63, 3.8) is 0 Å². The van der Waals surface area contributed by atoms with Crippen molar-refractivity contribution in [2.45, 2.75) is 25.3 Å². The van der Waals surface area contributed by atoms with Gasteiger partial charge < -0.3 is 19.9 Å². The van der Waals surface area contributed by atoms with Crippen LogP contribution >= 0.6 is 0 Å². The number of piperidine rings is 1. The van der Waals surface area contributed by atoms with Crippen LogP contribution in [-0.4, -0.2) is 48.4 Å². The summed E-state index contributed by atoms with van der Waals surface area (Å²) in [6, 6.07) is 5.31. The van der Waals surface area contributed by atoms with E-state index in [1.165, 1.54) is 0 Å². The van der Waals surface area contributed by atoms with Crippen molar-refractivity contribution in [1.29, 1.82) is 0 Å². The number of likely N-dealkylation sites (tertiary alicyclic amines) is 1. The molecule has 3 rings (SSSR count).